The van der Waals surface area contributed by atoms with Gasteiger partial charge in [-0.3, -0.25) is 9.59 Å². The minimum atomic E-state index is -0.204. The van der Waals surface area contributed by atoms with Crippen molar-refractivity contribution >= 4 is 16.8 Å². The van der Waals surface area contributed by atoms with Crippen LogP contribution in [0.25, 0.3) is 10.9 Å². The molecule has 0 N–H and O–H groups in total. The van der Waals surface area contributed by atoms with E-state index >= 15 is 0 Å². The molecule has 4 rings (SSSR count). The van der Waals surface area contributed by atoms with Crippen molar-refractivity contribution in [2.24, 2.45) is 0 Å². The average Bonchev–Trinajstić information content (AvgIpc) is 3.18. The highest BCUT2D eigenvalue weighted by molar-refractivity contribution is 5.77. The van der Waals surface area contributed by atoms with E-state index < -0.39 is 0 Å². The Hall–Kier alpha value is -3.02. The number of hydrogen-bond donors (Lipinski definition) is 0. The van der Waals surface area contributed by atoms with Crippen molar-refractivity contribution < 1.29 is 4.79 Å². The Kier molecular flexibility index (Phi) is 4.48. The van der Waals surface area contributed by atoms with Gasteiger partial charge in [-0.15, -0.1) is 5.10 Å². The smallest absolute Gasteiger partial charge is 0.277 e. The summed E-state index contributed by atoms with van der Waals surface area (Å²) in [5.74, 6) is 0.0539. The second-order valence-corrected chi connectivity index (χ2v) is 6.54. The van der Waals surface area contributed by atoms with Crippen LogP contribution in [0, 0.1) is 0 Å². The number of carbonyl (C=O) groups is 1. The summed E-state index contributed by atoms with van der Waals surface area (Å²) in [6, 6.07) is 17.4. The van der Waals surface area contributed by atoms with Gasteiger partial charge in [0.15, 0.2) is 0 Å². The van der Waals surface area contributed by atoms with Crippen molar-refractivity contribution in [2.75, 3.05) is 6.54 Å². The zero-order chi connectivity index (χ0) is 17.9. The molecule has 3 aromatic rings. The van der Waals surface area contributed by atoms with Crippen LogP contribution in [0.15, 0.2) is 59.4 Å². The Morgan fingerprint density at radius 3 is 2.69 bits per heavy atom. The molecule has 1 saturated heterocycles. The maximum absolute atomic E-state index is 12.7. The first-order valence-electron chi connectivity index (χ1n) is 8.91. The molecule has 26 heavy (non-hydrogen) atoms. The minimum absolute atomic E-state index is 0.0539. The lowest BCUT2D eigenvalue weighted by Gasteiger charge is -2.25. The van der Waals surface area contributed by atoms with E-state index in [1.807, 2.05) is 29.2 Å². The Labute approximate surface area is 151 Å². The summed E-state index contributed by atoms with van der Waals surface area (Å²) in [7, 11) is 0. The van der Waals surface area contributed by atoms with Crippen molar-refractivity contribution in [1.82, 2.24) is 19.9 Å². The van der Waals surface area contributed by atoms with Crippen molar-refractivity contribution in [3.63, 3.8) is 0 Å². The quantitative estimate of drug-likeness (QED) is 0.727. The van der Waals surface area contributed by atoms with Gasteiger partial charge in [0.2, 0.25) is 5.91 Å². The minimum Gasteiger partial charge on any atom is -0.336 e. The molecule has 0 radical (unpaired) electrons. The third kappa shape index (κ3) is 3.10. The van der Waals surface area contributed by atoms with Crippen LogP contribution in [0.5, 0.6) is 0 Å². The first-order chi connectivity index (χ1) is 12.7. The topological polar surface area (TPSA) is 68.1 Å². The number of aromatic nitrogens is 3. The number of fused-ring (bicyclic) bond motifs is 1. The average molecular weight is 348 g/mol. The molecule has 1 atom stereocenters. The summed E-state index contributed by atoms with van der Waals surface area (Å²) < 4.78 is 1.29. The van der Waals surface area contributed by atoms with Crippen molar-refractivity contribution in [2.45, 2.75) is 31.8 Å². The van der Waals surface area contributed by atoms with Crippen LogP contribution in [-0.4, -0.2) is 32.3 Å². The maximum Gasteiger partial charge on any atom is 0.277 e. The van der Waals surface area contributed by atoms with Gasteiger partial charge in [-0.2, -0.15) is 0 Å². The second-order valence-electron chi connectivity index (χ2n) is 6.54. The molecule has 2 heterocycles. The molecule has 2 aromatic carbocycles. The standard InChI is InChI=1S/C20H20N4O2/c25-19(23-13-6-11-18(23)15-7-2-1-3-8-15)12-14-24-20(26)16-9-4-5-10-17(16)21-22-24/h1-5,7-10,18H,6,11-14H2. The van der Waals surface area contributed by atoms with E-state index in [0.717, 1.165) is 19.4 Å². The second kappa shape index (κ2) is 7.07. The molecule has 132 valence electrons. The summed E-state index contributed by atoms with van der Waals surface area (Å²) in [4.78, 5) is 27.1. The summed E-state index contributed by atoms with van der Waals surface area (Å²) >= 11 is 0. The number of likely N-dealkylation sites (tertiary alicyclic amines) is 1. The van der Waals surface area contributed by atoms with E-state index in [1.54, 1.807) is 18.2 Å². The van der Waals surface area contributed by atoms with Crippen LogP contribution in [0.1, 0.15) is 30.9 Å². The van der Waals surface area contributed by atoms with Crippen LogP contribution in [0.2, 0.25) is 0 Å². The summed E-state index contributed by atoms with van der Waals surface area (Å²) in [6.45, 7) is 1.00. The van der Waals surface area contributed by atoms with E-state index in [1.165, 1.54) is 10.2 Å². The molecular weight excluding hydrogens is 328 g/mol. The van der Waals surface area contributed by atoms with E-state index in [4.69, 9.17) is 0 Å². The summed E-state index contributed by atoms with van der Waals surface area (Å²) in [5, 5.41) is 8.56. The Bertz CT molecular complexity index is 984. The monoisotopic (exact) mass is 348 g/mol. The van der Waals surface area contributed by atoms with Gasteiger partial charge in [-0.05, 0) is 30.5 Å². The SMILES string of the molecule is O=C(CCn1nnc2ccccc2c1=O)N1CCCC1c1ccccc1. The van der Waals surface area contributed by atoms with Crippen LogP contribution >= 0.6 is 0 Å². The van der Waals surface area contributed by atoms with E-state index in [0.29, 0.717) is 10.9 Å². The molecule has 6 nitrogen and oxygen atoms in total. The molecule has 1 fully saturated rings. The number of rotatable bonds is 4. The van der Waals surface area contributed by atoms with E-state index in [9.17, 15) is 9.59 Å². The van der Waals surface area contributed by atoms with Crippen LogP contribution in [0.3, 0.4) is 0 Å². The lowest BCUT2D eigenvalue weighted by Crippen LogP contribution is -2.33. The van der Waals surface area contributed by atoms with Crippen LogP contribution in [-0.2, 0) is 11.3 Å². The zero-order valence-electron chi connectivity index (χ0n) is 14.4. The third-order valence-electron chi connectivity index (χ3n) is 4.92. The van der Waals surface area contributed by atoms with Gasteiger partial charge in [-0.1, -0.05) is 47.7 Å². The molecule has 1 amide bonds. The summed E-state index contributed by atoms with van der Waals surface area (Å²) in [6.07, 6.45) is 2.22. The van der Waals surface area contributed by atoms with Crippen LogP contribution < -0.4 is 5.56 Å². The molecule has 1 aliphatic heterocycles. The molecule has 0 bridgehead atoms. The predicted molar refractivity (Wildman–Crippen MR) is 98.5 cm³/mol. The lowest BCUT2D eigenvalue weighted by molar-refractivity contribution is -0.132. The predicted octanol–water partition coefficient (Wildman–Crippen LogP) is 2.55. The van der Waals surface area contributed by atoms with Gasteiger partial charge in [0, 0.05) is 13.0 Å². The van der Waals surface area contributed by atoms with Gasteiger partial charge < -0.3 is 4.90 Å². The molecular formula is C20H20N4O2. The van der Waals surface area contributed by atoms with E-state index in [2.05, 4.69) is 22.4 Å². The number of hydrogen-bond acceptors (Lipinski definition) is 4. The largest absolute Gasteiger partial charge is 0.336 e. The third-order valence-corrected chi connectivity index (χ3v) is 4.92. The Morgan fingerprint density at radius 1 is 1.08 bits per heavy atom. The number of amides is 1. The molecule has 1 aliphatic rings. The van der Waals surface area contributed by atoms with Gasteiger partial charge in [0.25, 0.3) is 5.56 Å². The molecule has 1 unspecified atom stereocenters. The van der Waals surface area contributed by atoms with Gasteiger partial charge in [0.05, 0.1) is 18.0 Å². The first kappa shape index (κ1) is 16.4. The fourth-order valence-corrected chi connectivity index (χ4v) is 3.60. The fraction of sp³-hybridized carbons (Fsp3) is 0.300. The first-order valence-corrected chi connectivity index (χ1v) is 8.91. The number of carbonyl (C=O) groups excluding carboxylic acids is 1. The number of nitrogens with zero attached hydrogens (tertiary/aromatic N) is 4. The van der Waals surface area contributed by atoms with Gasteiger partial charge >= 0.3 is 0 Å². The van der Waals surface area contributed by atoms with Gasteiger partial charge in [0.1, 0.15) is 5.52 Å². The molecule has 0 spiro atoms. The van der Waals surface area contributed by atoms with Crippen molar-refractivity contribution in [1.29, 1.82) is 0 Å². The summed E-state index contributed by atoms with van der Waals surface area (Å²) in [5.41, 5.74) is 1.54. The zero-order valence-corrected chi connectivity index (χ0v) is 14.4. The Morgan fingerprint density at radius 2 is 1.85 bits per heavy atom. The number of aryl methyl sites for hydroxylation is 1. The molecule has 0 saturated carbocycles. The highest BCUT2D eigenvalue weighted by Gasteiger charge is 2.29. The van der Waals surface area contributed by atoms with Crippen LogP contribution in [0.4, 0.5) is 0 Å². The number of benzene rings is 2. The highest BCUT2D eigenvalue weighted by atomic mass is 16.2. The normalized spacial score (nSPS) is 16.9. The molecule has 1 aromatic heterocycles. The molecule has 0 aliphatic carbocycles. The highest BCUT2D eigenvalue weighted by Crippen LogP contribution is 2.32. The van der Waals surface area contributed by atoms with E-state index in [-0.39, 0.29) is 30.5 Å². The van der Waals surface area contributed by atoms with Crippen molar-refractivity contribution in [3.8, 4) is 0 Å². The molecule has 6 heteroatoms. The maximum atomic E-state index is 12.7. The fourth-order valence-electron chi connectivity index (χ4n) is 3.60. The lowest BCUT2D eigenvalue weighted by atomic mass is 10.0. The van der Waals surface area contributed by atoms with Gasteiger partial charge in [-0.25, -0.2) is 4.68 Å². The Balaban J connectivity index is 1.49. The van der Waals surface area contributed by atoms with Crippen molar-refractivity contribution in [3.05, 3.63) is 70.5 Å².